The number of nitrogens with zero attached hydrogens (tertiary/aromatic N) is 2. The molecule has 0 fully saturated rings. The van der Waals surface area contributed by atoms with Crippen molar-refractivity contribution in [2.45, 2.75) is 26.5 Å². The standard InChI is InChI=1S/C19H18F2N2O3/c1-12-6-5-7-14(10-12)25-11-17(24)26-13(2)18-22-15-8-3-4-9-16(15)23(18)19(20)21/h3-10,13,19H,11H2,1-2H3. The maximum absolute atomic E-state index is 13.5. The molecule has 1 aromatic heterocycles. The first-order valence-corrected chi connectivity index (χ1v) is 8.09. The van der Waals surface area contributed by atoms with Crippen LogP contribution >= 0.6 is 0 Å². The summed E-state index contributed by atoms with van der Waals surface area (Å²) in [4.78, 5) is 16.2. The van der Waals surface area contributed by atoms with E-state index in [4.69, 9.17) is 9.47 Å². The quantitative estimate of drug-likeness (QED) is 0.611. The van der Waals surface area contributed by atoms with E-state index in [9.17, 15) is 13.6 Å². The molecule has 1 atom stereocenters. The van der Waals surface area contributed by atoms with Crippen molar-refractivity contribution >= 4 is 17.0 Å². The highest BCUT2D eigenvalue weighted by Crippen LogP contribution is 2.28. The minimum atomic E-state index is -2.79. The van der Waals surface area contributed by atoms with Gasteiger partial charge in [-0.2, -0.15) is 8.78 Å². The Balaban J connectivity index is 1.71. The number of aryl methyl sites for hydroxylation is 1. The number of para-hydroxylation sites is 2. The number of fused-ring (bicyclic) bond motifs is 1. The fourth-order valence-corrected chi connectivity index (χ4v) is 2.69. The summed E-state index contributed by atoms with van der Waals surface area (Å²) in [6.45, 7) is 0.303. The van der Waals surface area contributed by atoms with E-state index in [1.165, 1.54) is 6.92 Å². The van der Waals surface area contributed by atoms with Gasteiger partial charge in [0, 0.05) is 0 Å². The van der Waals surface area contributed by atoms with E-state index in [0.717, 1.165) is 10.1 Å². The van der Waals surface area contributed by atoms with Crippen molar-refractivity contribution in [1.82, 2.24) is 9.55 Å². The van der Waals surface area contributed by atoms with Crippen molar-refractivity contribution in [3.8, 4) is 5.75 Å². The zero-order valence-electron chi connectivity index (χ0n) is 14.4. The van der Waals surface area contributed by atoms with Crippen LogP contribution in [-0.2, 0) is 9.53 Å². The third-order valence-electron chi connectivity index (χ3n) is 3.84. The summed E-state index contributed by atoms with van der Waals surface area (Å²) >= 11 is 0. The van der Waals surface area contributed by atoms with E-state index in [2.05, 4.69) is 4.98 Å². The van der Waals surface area contributed by atoms with Crippen LogP contribution < -0.4 is 4.74 Å². The normalized spacial score (nSPS) is 12.3. The van der Waals surface area contributed by atoms with Gasteiger partial charge < -0.3 is 9.47 Å². The first-order chi connectivity index (χ1) is 12.5. The number of halogens is 2. The molecule has 0 radical (unpaired) electrons. The zero-order valence-corrected chi connectivity index (χ0v) is 14.4. The van der Waals surface area contributed by atoms with Crippen LogP contribution in [0.25, 0.3) is 11.0 Å². The predicted octanol–water partition coefficient (Wildman–Crippen LogP) is 4.42. The van der Waals surface area contributed by atoms with E-state index in [-0.39, 0.29) is 17.9 Å². The van der Waals surface area contributed by atoms with Crippen LogP contribution in [0.1, 0.15) is 31.0 Å². The highest BCUT2D eigenvalue weighted by molar-refractivity contribution is 5.76. The Labute approximate surface area is 149 Å². The summed E-state index contributed by atoms with van der Waals surface area (Å²) in [5.41, 5.74) is 1.70. The highest BCUT2D eigenvalue weighted by atomic mass is 19.3. The largest absolute Gasteiger partial charge is 0.482 e. The predicted molar refractivity (Wildman–Crippen MR) is 92.2 cm³/mol. The van der Waals surface area contributed by atoms with Crippen LogP contribution in [0.4, 0.5) is 8.78 Å². The molecular weight excluding hydrogens is 342 g/mol. The van der Waals surface area contributed by atoms with E-state index in [1.807, 2.05) is 19.1 Å². The van der Waals surface area contributed by atoms with Gasteiger partial charge in [0.25, 0.3) is 0 Å². The molecule has 0 saturated heterocycles. The van der Waals surface area contributed by atoms with Crippen molar-refractivity contribution in [3.63, 3.8) is 0 Å². The topological polar surface area (TPSA) is 53.4 Å². The van der Waals surface area contributed by atoms with Gasteiger partial charge >= 0.3 is 12.5 Å². The van der Waals surface area contributed by atoms with Crippen molar-refractivity contribution in [3.05, 3.63) is 59.9 Å². The van der Waals surface area contributed by atoms with Crippen LogP contribution in [0.2, 0.25) is 0 Å². The van der Waals surface area contributed by atoms with Crippen LogP contribution in [0.3, 0.4) is 0 Å². The molecule has 7 heteroatoms. The number of carbonyl (C=O) groups is 1. The minimum Gasteiger partial charge on any atom is -0.482 e. The van der Waals surface area contributed by atoms with E-state index in [0.29, 0.717) is 11.3 Å². The number of ether oxygens (including phenoxy) is 2. The van der Waals surface area contributed by atoms with E-state index in [1.54, 1.807) is 36.4 Å². The summed E-state index contributed by atoms with van der Waals surface area (Å²) in [5, 5.41) is 0. The lowest BCUT2D eigenvalue weighted by molar-refractivity contribution is -0.151. The van der Waals surface area contributed by atoms with Gasteiger partial charge in [-0.05, 0) is 43.7 Å². The number of aromatic nitrogens is 2. The van der Waals surface area contributed by atoms with Gasteiger partial charge in [0.15, 0.2) is 18.5 Å². The molecule has 0 N–H and O–H groups in total. The van der Waals surface area contributed by atoms with Gasteiger partial charge in [0.2, 0.25) is 0 Å². The molecule has 136 valence electrons. The molecule has 3 aromatic rings. The Morgan fingerprint density at radius 1 is 1.19 bits per heavy atom. The summed E-state index contributed by atoms with van der Waals surface area (Å²) in [5.74, 6) is -0.133. The molecule has 0 amide bonds. The molecule has 26 heavy (non-hydrogen) atoms. The Morgan fingerprint density at radius 2 is 1.96 bits per heavy atom. The number of esters is 1. The second kappa shape index (κ2) is 7.51. The number of hydrogen-bond donors (Lipinski definition) is 0. The summed E-state index contributed by atoms with van der Waals surface area (Å²) in [6, 6.07) is 13.8. The van der Waals surface area contributed by atoms with Crippen molar-refractivity contribution in [2.75, 3.05) is 6.61 Å². The molecule has 0 aliphatic carbocycles. The van der Waals surface area contributed by atoms with E-state index >= 15 is 0 Å². The van der Waals surface area contributed by atoms with Crippen molar-refractivity contribution in [2.24, 2.45) is 0 Å². The van der Waals surface area contributed by atoms with Crippen LogP contribution in [0.15, 0.2) is 48.5 Å². The van der Waals surface area contributed by atoms with Gasteiger partial charge in [-0.25, -0.2) is 9.78 Å². The molecule has 2 aromatic carbocycles. The maximum atomic E-state index is 13.5. The second-order valence-electron chi connectivity index (χ2n) is 5.84. The van der Waals surface area contributed by atoms with Crippen LogP contribution in [0.5, 0.6) is 5.75 Å². The fraction of sp³-hybridized carbons (Fsp3) is 0.263. The van der Waals surface area contributed by atoms with Gasteiger partial charge in [-0.15, -0.1) is 0 Å². The third-order valence-corrected chi connectivity index (χ3v) is 3.84. The molecule has 0 aliphatic rings. The van der Waals surface area contributed by atoms with Crippen molar-refractivity contribution in [1.29, 1.82) is 0 Å². The lowest BCUT2D eigenvalue weighted by atomic mass is 10.2. The monoisotopic (exact) mass is 360 g/mol. The Morgan fingerprint density at radius 3 is 2.69 bits per heavy atom. The molecule has 0 spiro atoms. The lowest BCUT2D eigenvalue weighted by Gasteiger charge is -2.15. The molecular formula is C19H18F2N2O3. The zero-order chi connectivity index (χ0) is 18.7. The maximum Gasteiger partial charge on any atom is 0.344 e. The van der Waals surface area contributed by atoms with Gasteiger partial charge in [-0.1, -0.05) is 24.3 Å². The number of rotatable bonds is 6. The average Bonchev–Trinajstić information content (AvgIpc) is 3.00. The molecule has 0 aliphatic heterocycles. The molecule has 1 unspecified atom stereocenters. The van der Waals surface area contributed by atoms with Crippen molar-refractivity contribution < 1.29 is 23.0 Å². The Kier molecular flexibility index (Phi) is 5.16. The number of alkyl halides is 2. The molecule has 5 nitrogen and oxygen atoms in total. The molecule has 3 rings (SSSR count). The molecule has 0 bridgehead atoms. The fourth-order valence-electron chi connectivity index (χ4n) is 2.69. The molecule has 0 saturated carbocycles. The summed E-state index contributed by atoms with van der Waals surface area (Å²) in [6.07, 6.45) is -0.940. The second-order valence-corrected chi connectivity index (χ2v) is 5.84. The van der Waals surface area contributed by atoms with Gasteiger partial charge in [0.05, 0.1) is 11.0 Å². The smallest absolute Gasteiger partial charge is 0.344 e. The first kappa shape index (κ1) is 17.8. The third kappa shape index (κ3) is 3.82. The highest BCUT2D eigenvalue weighted by Gasteiger charge is 2.24. The first-order valence-electron chi connectivity index (χ1n) is 8.09. The number of imidazole rings is 1. The minimum absolute atomic E-state index is 0.00916. The number of hydrogen-bond acceptors (Lipinski definition) is 4. The number of carbonyl (C=O) groups excluding carboxylic acids is 1. The summed E-state index contributed by atoms with van der Waals surface area (Å²) in [7, 11) is 0. The van der Waals surface area contributed by atoms with Crippen LogP contribution in [-0.4, -0.2) is 22.1 Å². The average molecular weight is 360 g/mol. The van der Waals surface area contributed by atoms with Crippen LogP contribution in [0, 0.1) is 6.92 Å². The number of benzene rings is 2. The lowest BCUT2D eigenvalue weighted by Crippen LogP contribution is -2.19. The SMILES string of the molecule is Cc1cccc(OCC(=O)OC(C)c2nc3ccccc3n2C(F)F)c1. The van der Waals surface area contributed by atoms with Gasteiger partial charge in [-0.3, -0.25) is 4.57 Å². The Bertz CT molecular complexity index is 924. The molecule has 1 heterocycles. The van der Waals surface area contributed by atoms with E-state index < -0.39 is 18.6 Å². The summed E-state index contributed by atoms with van der Waals surface area (Å²) < 4.78 is 38.3. The van der Waals surface area contributed by atoms with Gasteiger partial charge in [0.1, 0.15) is 5.75 Å². The Hall–Kier alpha value is -2.96.